The van der Waals surface area contributed by atoms with Gasteiger partial charge in [0.1, 0.15) is 0 Å². The van der Waals surface area contributed by atoms with E-state index in [9.17, 15) is 0 Å². The van der Waals surface area contributed by atoms with Gasteiger partial charge in [-0.25, -0.2) is 0 Å². The van der Waals surface area contributed by atoms with E-state index in [1.807, 2.05) is 12.1 Å². The lowest BCUT2D eigenvalue weighted by Crippen LogP contribution is -2.51. The van der Waals surface area contributed by atoms with Crippen molar-refractivity contribution in [3.63, 3.8) is 0 Å². The molecule has 130 valence electrons. The van der Waals surface area contributed by atoms with Crippen LogP contribution in [-0.4, -0.2) is 56.2 Å². The predicted octanol–water partition coefficient (Wildman–Crippen LogP) is 3.79. The molecule has 1 saturated carbocycles. The maximum Gasteiger partial charge on any atom is 0.0594 e. The van der Waals surface area contributed by atoms with Gasteiger partial charge in [0.2, 0.25) is 0 Å². The fourth-order valence-electron chi connectivity index (χ4n) is 4.14. The summed E-state index contributed by atoms with van der Waals surface area (Å²) in [6.45, 7) is 3.99. The second-order valence-corrected chi connectivity index (χ2v) is 7.25. The van der Waals surface area contributed by atoms with Crippen molar-refractivity contribution in [3.05, 3.63) is 34.9 Å². The van der Waals surface area contributed by atoms with Crippen LogP contribution in [0.25, 0.3) is 0 Å². The Morgan fingerprint density at radius 1 is 1.09 bits per heavy atom. The van der Waals surface area contributed by atoms with Crippen LogP contribution in [0.3, 0.4) is 0 Å². The minimum absolute atomic E-state index is 0. The van der Waals surface area contributed by atoms with Crippen molar-refractivity contribution >= 4 is 24.0 Å². The minimum Gasteiger partial charge on any atom is -0.379 e. The zero-order chi connectivity index (χ0) is 15.6. The molecule has 3 nitrogen and oxygen atoms in total. The first-order valence-electron chi connectivity index (χ1n) is 8.37. The number of benzene rings is 1. The van der Waals surface area contributed by atoms with E-state index in [-0.39, 0.29) is 17.9 Å². The molecule has 0 unspecified atom stereocenters. The molecule has 1 aliphatic carbocycles. The first kappa shape index (κ1) is 19.0. The largest absolute Gasteiger partial charge is 0.379 e. The molecule has 0 aromatic heterocycles. The van der Waals surface area contributed by atoms with Gasteiger partial charge < -0.3 is 4.74 Å². The van der Waals surface area contributed by atoms with Crippen molar-refractivity contribution < 1.29 is 4.74 Å². The molecule has 23 heavy (non-hydrogen) atoms. The average molecular weight is 359 g/mol. The van der Waals surface area contributed by atoms with Crippen molar-refractivity contribution in [3.8, 4) is 0 Å². The standard InChI is InChI=1S/C18H27ClN2O.ClH/c1-20(2)18(15-3-5-16(19)6-4-15)9-7-17(8-10-18)21-11-13-22-14-12-21;/h3-6,17H,7-14H2,1-2H3;1H. The molecule has 0 amide bonds. The van der Waals surface area contributed by atoms with E-state index >= 15 is 0 Å². The van der Waals surface area contributed by atoms with Crippen LogP contribution >= 0.6 is 24.0 Å². The lowest BCUT2D eigenvalue weighted by molar-refractivity contribution is -0.0112. The number of halogens is 2. The van der Waals surface area contributed by atoms with Crippen LogP contribution in [0.1, 0.15) is 31.2 Å². The number of morpholine rings is 1. The number of rotatable bonds is 3. The highest BCUT2D eigenvalue weighted by Gasteiger charge is 2.40. The topological polar surface area (TPSA) is 15.7 Å². The normalized spacial score (nSPS) is 29.3. The summed E-state index contributed by atoms with van der Waals surface area (Å²) in [4.78, 5) is 5.04. The fraction of sp³-hybridized carbons (Fsp3) is 0.667. The number of hydrogen-bond acceptors (Lipinski definition) is 3. The SMILES string of the molecule is CN(C)C1(c2ccc(Cl)cc2)CCC(N2CCOCC2)CC1.Cl. The Morgan fingerprint density at radius 3 is 2.17 bits per heavy atom. The lowest BCUT2D eigenvalue weighted by Gasteiger charge is -2.48. The summed E-state index contributed by atoms with van der Waals surface area (Å²) in [5.41, 5.74) is 1.57. The van der Waals surface area contributed by atoms with Gasteiger partial charge in [-0.15, -0.1) is 12.4 Å². The Hall–Kier alpha value is -0.320. The molecular weight excluding hydrogens is 331 g/mol. The van der Waals surface area contributed by atoms with E-state index < -0.39 is 0 Å². The molecule has 1 aliphatic heterocycles. The quantitative estimate of drug-likeness (QED) is 0.817. The third kappa shape index (κ3) is 4.02. The van der Waals surface area contributed by atoms with Crippen LogP contribution in [0, 0.1) is 0 Å². The van der Waals surface area contributed by atoms with Gasteiger partial charge in [-0.3, -0.25) is 9.80 Å². The molecule has 0 bridgehead atoms. The molecule has 1 aromatic rings. The molecule has 2 fully saturated rings. The van der Waals surface area contributed by atoms with Gasteiger partial charge in [-0.05, 0) is 57.5 Å². The van der Waals surface area contributed by atoms with Crippen LogP contribution in [0.2, 0.25) is 5.02 Å². The van der Waals surface area contributed by atoms with Gasteiger partial charge in [0.05, 0.1) is 13.2 Å². The first-order valence-corrected chi connectivity index (χ1v) is 8.75. The Kier molecular flexibility index (Phi) is 6.76. The number of ether oxygens (including phenoxy) is 1. The lowest BCUT2D eigenvalue weighted by atomic mass is 9.73. The van der Waals surface area contributed by atoms with Crippen molar-refractivity contribution in [2.75, 3.05) is 40.4 Å². The van der Waals surface area contributed by atoms with Gasteiger partial charge >= 0.3 is 0 Å². The highest BCUT2D eigenvalue weighted by molar-refractivity contribution is 6.30. The Labute approximate surface area is 151 Å². The van der Waals surface area contributed by atoms with E-state index in [0.717, 1.165) is 37.4 Å². The zero-order valence-corrected chi connectivity index (χ0v) is 15.7. The third-order valence-corrected chi connectivity index (χ3v) is 5.83. The molecular formula is C18H28Cl2N2O. The van der Waals surface area contributed by atoms with Crippen LogP contribution in [0.5, 0.6) is 0 Å². The molecule has 3 rings (SSSR count). The molecule has 1 aromatic carbocycles. The summed E-state index contributed by atoms with van der Waals surface area (Å²) in [7, 11) is 4.42. The van der Waals surface area contributed by atoms with E-state index in [4.69, 9.17) is 16.3 Å². The Balaban J connectivity index is 0.00000192. The first-order chi connectivity index (χ1) is 10.6. The van der Waals surface area contributed by atoms with Crippen LogP contribution in [0.15, 0.2) is 24.3 Å². The number of nitrogens with zero attached hydrogens (tertiary/aromatic N) is 2. The maximum atomic E-state index is 6.07. The number of hydrogen-bond donors (Lipinski definition) is 0. The molecule has 2 aliphatic rings. The Morgan fingerprint density at radius 2 is 1.65 bits per heavy atom. The molecule has 0 spiro atoms. The zero-order valence-electron chi connectivity index (χ0n) is 14.1. The molecule has 0 N–H and O–H groups in total. The van der Waals surface area contributed by atoms with Gasteiger partial charge in [0.25, 0.3) is 0 Å². The van der Waals surface area contributed by atoms with Crippen molar-refractivity contribution in [2.24, 2.45) is 0 Å². The monoisotopic (exact) mass is 358 g/mol. The third-order valence-electron chi connectivity index (χ3n) is 5.58. The van der Waals surface area contributed by atoms with Gasteiger partial charge in [-0.1, -0.05) is 23.7 Å². The van der Waals surface area contributed by atoms with E-state index in [1.165, 1.54) is 31.2 Å². The summed E-state index contributed by atoms with van der Waals surface area (Å²) in [5, 5.41) is 0.819. The molecule has 0 radical (unpaired) electrons. The fourth-order valence-corrected chi connectivity index (χ4v) is 4.27. The average Bonchev–Trinajstić information content (AvgIpc) is 2.56. The summed E-state index contributed by atoms with van der Waals surface area (Å²) in [6, 6.07) is 9.19. The van der Waals surface area contributed by atoms with Gasteiger partial charge in [-0.2, -0.15) is 0 Å². The minimum atomic E-state index is 0. The van der Waals surface area contributed by atoms with Crippen molar-refractivity contribution in [1.82, 2.24) is 9.80 Å². The van der Waals surface area contributed by atoms with Crippen LogP contribution < -0.4 is 0 Å². The van der Waals surface area contributed by atoms with Crippen LogP contribution in [0.4, 0.5) is 0 Å². The van der Waals surface area contributed by atoms with Crippen molar-refractivity contribution in [2.45, 2.75) is 37.3 Å². The summed E-state index contributed by atoms with van der Waals surface area (Å²) in [5.74, 6) is 0. The van der Waals surface area contributed by atoms with Crippen molar-refractivity contribution in [1.29, 1.82) is 0 Å². The highest BCUT2D eigenvalue weighted by atomic mass is 35.5. The molecule has 1 saturated heterocycles. The summed E-state index contributed by atoms with van der Waals surface area (Å²) in [6.07, 6.45) is 4.95. The summed E-state index contributed by atoms with van der Waals surface area (Å²) < 4.78 is 5.49. The molecule has 0 atom stereocenters. The predicted molar refractivity (Wildman–Crippen MR) is 98.7 cm³/mol. The van der Waals surface area contributed by atoms with E-state index in [1.54, 1.807) is 0 Å². The Bertz CT molecular complexity index is 478. The maximum absolute atomic E-state index is 6.07. The van der Waals surface area contributed by atoms with Gasteiger partial charge in [0.15, 0.2) is 0 Å². The molecule has 5 heteroatoms. The van der Waals surface area contributed by atoms with E-state index in [0.29, 0.717) is 0 Å². The molecule has 1 heterocycles. The van der Waals surface area contributed by atoms with E-state index in [2.05, 4.69) is 36.0 Å². The van der Waals surface area contributed by atoms with Gasteiger partial charge in [0, 0.05) is 29.7 Å². The second kappa shape index (κ2) is 8.17. The highest BCUT2D eigenvalue weighted by Crippen LogP contribution is 2.42. The summed E-state index contributed by atoms with van der Waals surface area (Å²) >= 11 is 6.07. The second-order valence-electron chi connectivity index (χ2n) is 6.81. The smallest absolute Gasteiger partial charge is 0.0594 e. The van der Waals surface area contributed by atoms with Crippen LogP contribution in [-0.2, 0) is 10.3 Å².